The first-order chi connectivity index (χ1) is 13.6. The summed E-state index contributed by atoms with van der Waals surface area (Å²) in [5.41, 5.74) is 2.22. The molecule has 0 unspecified atom stereocenters. The number of ether oxygens (including phenoxy) is 1. The van der Waals surface area contributed by atoms with Crippen molar-refractivity contribution < 1.29 is 9.84 Å². The van der Waals surface area contributed by atoms with Crippen molar-refractivity contribution in [1.29, 1.82) is 0 Å². The molecule has 0 aliphatic heterocycles. The number of aromatic nitrogens is 2. The van der Waals surface area contributed by atoms with Crippen molar-refractivity contribution in [2.45, 2.75) is 0 Å². The molecule has 0 spiro atoms. The number of methoxy groups -OCH3 is 1. The summed E-state index contributed by atoms with van der Waals surface area (Å²) in [4.78, 5) is 20.6. The lowest BCUT2D eigenvalue weighted by molar-refractivity contribution is 0.373. The highest BCUT2D eigenvalue weighted by atomic mass is 35.5. The molecule has 0 saturated heterocycles. The molecule has 2 heterocycles. The fourth-order valence-corrected chi connectivity index (χ4v) is 4.07. The number of H-pyrrole nitrogens is 1. The highest BCUT2D eigenvalue weighted by Crippen LogP contribution is 2.32. The molecule has 2 aromatic heterocycles. The maximum atomic E-state index is 12.7. The zero-order valence-corrected chi connectivity index (χ0v) is 16.3. The molecule has 2 N–H and O–H groups in total. The second-order valence-corrected chi connectivity index (χ2v) is 7.30. The largest absolute Gasteiger partial charge is 0.504 e. The van der Waals surface area contributed by atoms with Crippen molar-refractivity contribution in [3.8, 4) is 22.6 Å². The molecule has 0 amide bonds. The molecule has 2 aromatic carbocycles. The van der Waals surface area contributed by atoms with Gasteiger partial charge in [0.2, 0.25) is 0 Å². The van der Waals surface area contributed by atoms with E-state index in [1.54, 1.807) is 18.2 Å². The number of thiophene rings is 1. The number of aromatic hydroxyl groups is 1. The number of hydrogen-bond donors (Lipinski definition) is 2. The number of halogens is 1. The van der Waals surface area contributed by atoms with Crippen LogP contribution in [0.2, 0.25) is 0 Å². The second kappa shape index (κ2) is 7.50. The molecule has 4 rings (SSSR count). The van der Waals surface area contributed by atoms with Crippen LogP contribution < -0.4 is 10.3 Å². The average Bonchev–Trinajstić information content (AvgIpc) is 3.13. The molecule has 0 saturated carbocycles. The summed E-state index contributed by atoms with van der Waals surface area (Å²) in [5, 5.41) is 12.6. The van der Waals surface area contributed by atoms with Gasteiger partial charge in [0.1, 0.15) is 4.83 Å². The third-order valence-electron chi connectivity index (χ3n) is 4.25. The number of rotatable bonds is 4. The SMILES string of the molecule is COc1ccc(/C=C(\Cl)c2nc3scc(-c4ccccc4)c3c(=O)[nH]2)cc1O. The summed E-state index contributed by atoms with van der Waals surface area (Å²) in [6.07, 6.45) is 1.62. The van der Waals surface area contributed by atoms with Crippen LogP contribution in [0, 0.1) is 0 Å². The number of nitrogens with zero attached hydrogens (tertiary/aromatic N) is 1. The smallest absolute Gasteiger partial charge is 0.260 e. The molecule has 140 valence electrons. The predicted octanol–water partition coefficient (Wildman–Crippen LogP) is 5.10. The lowest BCUT2D eigenvalue weighted by Gasteiger charge is -2.05. The van der Waals surface area contributed by atoms with E-state index in [2.05, 4.69) is 9.97 Å². The van der Waals surface area contributed by atoms with E-state index in [9.17, 15) is 9.90 Å². The predicted molar refractivity (Wildman–Crippen MR) is 114 cm³/mol. The van der Waals surface area contributed by atoms with Gasteiger partial charge in [-0.2, -0.15) is 0 Å². The number of fused-ring (bicyclic) bond motifs is 1. The van der Waals surface area contributed by atoms with E-state index in [0.717, 1.165) is 11.1 Å². The highest BCUT2D eigenvalue weighted by molar-refractivity contribution is 7.17. The van der Waals surface area contributed by atoms with Gasteiger partial charge in [-0.25, -0.2) is 4.98 Å². The van der Waals surface area contributed by atoms with Gasteiger partial charge in [-0.05, 0) is 29.3 Å². The van der Waals surface area contributed by atoms with Crippen molar-refractivity contribution in [2.24, 2.45) is 0 Å². The van der Waals surface area contributed by atoms with E-state index in [1.807, 2.05) is 35.7 Å². The standard InChI is InChI=1S/C21H15ClN2O3S/c1-27-17-8-7-12(10-16(17)25)9-15(22)19-23-20(26)18-14(11-28-21(18)24-19)13-5-3-2-4-6-13/h2-11,25H,1H3,(H,23,24,26)/b15-9-. The van der Waals surface area contributed by atoms with Crippen LogP contribution >= 0.6 is 22.9 Å². The average molecular weight is 411 g/mol. The first kappa shape index (κ1) is 18.3. The molecule has 28 heavy (non-hydrogen) atoms. The van der Waals surface area contributed by atoms with Gasteiger partial charge in [0.05, 0.1) is 17.5 Å². The number of aromatic amines is 1. The van der Waals surface area contributed by atoms with Gasteiger partial charge in [0, 0.05) is 10.9 Å². The van der Waals surface area contributed by atoms with Crippen molar-refractivity contribution in [3.63, 3.8) is 0 Å². The molecular formula is C21H15ClN2O3S. The third kappa shape index (κ3) is 3.40. The van der Waals surface area contributed by atoms with Crippen molar-refractivity contribution >= 4 is 44.3 Å². The molecule has 4 aromatic rings. The zero-order chi connectivity index (χ0) is 19.7. The van der Waals surface area contributed by atoms with Crippen molar-refractivity contribution in [1.82, 2.24) is 9.97 Å². The van der Waals surface area contributed by atoms with Crippen LogP contribution in [0.1, 0.15) is 11.4 Å². The lowest BCUT2D eigenvalue weighted by atomic mass is 10.1. The molecule has 7 heteroatoms. The van der Waals surface area contributed by atoms with Gasteiger partial charge in [-0.1, -0.05) is 48.0 Å². The number of nitrogens with one attached hydrogen (secondary N) is 1. The second-order valence-electron chi connectivity index (χ2n) is 6.03. The zero-order valence-electron chi connectivity index (χ0n) is 14.8. The first-order valence-corrected chi connectivity index (χ1v) is 9.64. The molecule has 5 nitrogen and oxygen atoms in total. The monoisotopic (exact) mass is 410 g/mol. The lowest BCUT2D eigenvalue weighted by Crippen LogP contribution is -2.10. The van der Waals surface area contributed by atoms with Crippen LogP contribution in [-0.4, -0.2) is 22.2 Å². The van der Waals surface area contributed by atoms with Crippen molar-refractivity contribution in [2.75, 3.05) is 7.11 Å². The topological polar surface area (TPSA) is 75.2 Å². The summed E-state index contributed by atoms with van der Waals surface area (Å²) < 4.78 is 5.03. The summed E-state index contributed by atoms with van der Waals surface area (Å²) in [5.74, 6) is 0.646. The van der Waals surface area contributed by atoms with Gasteiger partial charge < -0.3 is 14.8 Å². The Morgan fingerprint density at radius 1 is 1.25 bits per heavy atom. The van der Waals surface area contributed by atoms with Crippen LogP contribution in [0.15, 0.2) is 58.7 Å². The van der Waals surface area contributed by atoms with Gasteiger partial charge in [0.15, 0.2) is 17.3 Å². The van der Waals surface area contributed by atoms with Crippen molar-refractivity contribution in [3.05, 3.63) is 75.7 Å². The quantitative estimate of drug-likeness (QED) is 0.490. The Labute approximate surface area is 169 Å². The Hall–Kier alpha value is -3.09. The maximum absolute atomic E-state index is 12.7. The highest BCUT2D eigenvalue weighted by Gasteiger charge is 2.14. The maximum Gasteiger partial charge on any atom is 0.260 e. The number of phenolic OH excluding ortho intramolecular Hbond substituents is 1. The molecule has 0 aliphatic carbocycles. The fourth-order valence-electron chi connectivity index (χ4n) is 2.90. The van der Waals surface area contributed by atoms with Crippen LogP contribution in [0.4, 0.5) is 0 Å². The molecule has 0 fully saturated rings. The van der Waals surface area contributed by atoms with E-state index < -0.39 is 0 Å². The van der Waals surface area contributed by atoms with E-state index in [0.29, 0.717) is 21.5 Å². The molecular weight excluding hydrogens is 396 g/mol. The van der Waals surface area contributed by atoms with Gasteiger partial charge in [-0.15, -0.1) is 11.3 Å². The van der Waals surface area contributed by atoms with Gasteiger partial charge >= 0.3 is 0 Å². The molecule has 0 atom stereocenters. The normalized spacial score (nSPS) is 11.7. The minimum Gasteiger partial charge on any atom is -0.504 e. The van der Waals surface area contributed by atoms with Crippen LogP contribution in [0.5, 0.6) is 11.5 Å². The Kier molecular flexibility index (Phi) is 4.90. The Morgan fingerprint density at radius 3 is 2.75 bits per heavy atom. The summed E-state index contributed by atoms with van der Waals surface area (Å²) in [6.45, 7) is 0. The number of hydrogen-bond acceptors (Lipinski definition) is 5. The van der Waals surface area contributed by atoms with E-state index in [1.165, 1.54) is 24.5 Å². The van der Waals surface area contributed by atoms with Crippen LogP contribution in [0.25, 0.3) is 32.5 Å². The van der Waals surface area contributed by atoms with E-state index >= 15 is 0 Å². The summed E-state index contributed by atoms with van der Waals surface area (Å²) >= 11 is 7.78. The molecule has 0 aliphatic rings. The summed E-state index contributed by atoms with van der Waals surface area (Å²) in [6, 6.07) is 14.6. The van der Waals surface area contributed by atoms with E-state index in [4.69, 9.17) is 16.3 Å². The fraction of sp³-hybridized carbons (Fsp3) is 0.0476. The summed E-state index contributed by atoms with van der Waals surface area (Å²) in [7, 11) is 1.48. The Balaban J connectivity index is 1.76. The molecule has 0 radical (unpaired) electrons. The van der Waals surface area contributed by atoms with E-state index in [-0.39, 0.29) is 22.2 Å². The van der Waals surface area contributed by atoms with Crippen LogP contribution in [-0.2, 0) is 0 Å². The first-order valence-electron chi connectivity index (χ1n) is 8.38. The third-order valence-corrected chi connectivity index (χ3v) is 5.41. The minimum absolute atomic E-state index is 0.00313. The number of phenols is 1. The van der Waals surface area contributed by atoms with Gasteiger partial charge in [-0.3, -0.25) is 4.79 Å². The Bertz CT molecular complexity index is 1250. The van der Waals surface area contributed by atoms with Crippen LogP contribution in [0.3, 0.4) is 0 Å². The minimum atomic E-state index is -0.246. The van der Waals surface area contributed by atoms with Gasteiger partial charge in [0.25, 0.3) is 5.56 Å². The number of benzene rings is 2. The molecule has 0 bridgehead atoms. The Morgan fingerprint density at radius 2 is 2.04 bits per heavy atom.